The lowest BCUT2D eigenvalue weighted by atomic mass is 10.1. The average Bonchev–Trinajstić information content (AvgIpc) is 2.74. The Hall–Kier alpha value is -1.89. The number of amides is 1. The van der Waals surface area contributed by atoms with E-state index in [2.05, 4.69) is 10.3 Å². The molecule has 0 saturated heterocycles. The van der Waals surface area contributed by atoms with Gasteiger partial charge in [-0.2, -0.15) is 13.2 Å². The molecule has 19 heavy (non-hydrogen) atoms. The number of hydrogen-bond acceptors (Lipinski definition) is 3. The molecule has 1 N–H and O–H groups in total. The van der Waals surface area contributed by atoms with Crippen LogP contribution in [0.1, 0.15) is 21.6 Å². The number of aromatic nitrogens is 1. The lowest BCUT2D eigenvalue weighted by molar-refractivity contribution is -0.137. The van der Waals surface area contributed by atoms with Crippen LogP contribution < -0.4 is 5.32 Å². The second-order valence-electron chi connectivity index (χ2n) is 3.83. The summed E-state index contributed by atoms with van der Waals surface area (Å²) in [6, 6.07) is 4.26. The molecule has 0 radical (unpaired) electrons. The van der Waals surface area contributed by atoms with Crippen molar-refractivity contribution in [2.24, 2.45) is 0 Å². The van der Waals surface area contributed by atoms with Crippen molar-refractivity contribution in [1.82, 2.24) is 4.98 Å². The molecule has 2 rings (SSSR count). The summed E-state index contributed by atoms with van der Waals surface area (Å²) in [6.07, 6.45) is -4.46. The smallest absolute Gasteiger partial charge is 0.298 e. The van der Waals surface area contributed by atoms with Gasteiger partial charge in [-0.15, -0.1) is 11.3 Å². The van der Waals surface area contributed by atoms with Crippen LogP contribution in [0.25, 0.3) is 0 Å². The molecule has 0 atom stereocenters. The Balaban J connectivity index is 2.20. The largest absolute Gasteiger partial charge is 0.416 e. The van der Waals surface area contributed by atoms with Crippen LogP contribution in [-0.2, 0) is 6.18 Å². The fraction of sp³-hybridized carbons (Fsp3) is 0.167. The molecule has 0 fully saturated rings. The highest BCUT2D eigenvalue weighted by Gasteiger charge is 2.30. The van der Waals surface area contributed by atoms with Crippen LogP contribution >= 0.6 is 11.3 Å². The van der Waals surface area contributed by atoms with E-state index in [-0.39, 0.29) is 5.56 Å². The first-order chi connectivity index (χ1) is 8.86. The number of nitrogens with zero attached hydrogens (tertiary/aromatic N) is 1. The van der Waals surface area contributed by atoms with E-state index in [1.807, 2.05) is 0 Å². The third kappa shape index (κ3) is 3.31. The minimum atomic E-state index is -4.46. The van der Waals surface area contributed by atoms with Gasteiger partial charge in [0, 0.05) is 10.9 Å². The van der Waals surface area contributed by atoms with E-state index >= 15 is 0 Å². The topological polar surface area (TPSA) is 42.0 Å². The number of thiazole rings is 1. The number of rotatable bonds is 2. The zero-order valence-corrected chi connectivity index (χ0v) is 10.6. The predicted octanol–water partition coefficient (Wildman–Crippen LogP) is 3.72. The van der Waals surface area contributed by atoms with Crippen LogP contribution in [0.15, 0.2) is 29.6 Å². The van der Waals surface area contributed by atoms with Gasteiger partial charge in [-0.3, -0.25) is 10.1 Å². The van der Waals surface area contributed by atoms with E-state index in [1.165, 1.54) is 23.5 Å². The number of carbonyl (C=O) groups excluding carboxylic acids is 1. The lowest BCUT2D eigenvalue weighted by Gasteiger charge is -2.08. The van der Waals surface area contributed by atoms with Crippen LogP contribution in [0, 0.1) is 6.92 Å². The lowest BCUT2D eigenvalue weighted by Crippen LogP contribution is -2.13. The first-order valence-electron chi connectivity index (χ1n) is 5.27. The first kappa shape index (κ1) is 13.5. The number of carbonyl (C=O) groups is 1. The Labute approximate surface area is 111 Å². The monoisotopic (exact) mass is 286 g/mol. The fourth-order valence-electron chi connectivity index (χ4n) is 1.42. The maximum Gasteiger partial charge on any atom is 0.416 e. The number of alkyl halides is 3. The number of halogens is 3. The summed E-state index contributed by atoms with van der Waals surface area (Å²) >= 11 is 1.22. The standard InChI is InChI=1S/C12H9F3N2OS/c1-7-6-19-11(16-7)17-10(18)8-3-2-4-9(5-8)12(13,14)15/h2-6H,1H3,(H,16,17,18). The van der Waals surface area contributed by atoms with Gasteiger partial charge in [-0.25, -0.2) is 4.98 Å². The summed E-state index contributed by atoms with van der Waals surface area (Å²) in [5.74, 6) is -0.611. The van der Waals surface area contributed by atoms with Gasteiger partial charge in [0.25, 0.3) is 5.91 Å². The highest BCUT2D eigenvalue weighted by atomic mass is 32.1. The van der Waals surface area contributed by atoms with E-state index < -0.39 is 17.6 Å². The van der Waals surface area contributed by atoms with Crippen molar-refractivity contribution in [3.05, 3.63) is 46.5 Å². The molecule has 3 nitrogen and oxygen atoms in total. The van der Waals surface area contributed by atoms with Crippen molar-refractivity contribution in [2.75, 3.05) is 5.32 Å². The van der Waals surface area contributed by atoms with Gasteiger partial charge in [0.05, 0.1) is 11.3 Å². The zero-order valence-electron chi connectivity index (χ0n) is 9.78. The number of nitrogens with one attached hydrogen (secondary N) is 1. The molecule has 0 aliphatic heterocycles. The molecule has 1 heterocycles. The van der Waals surface area contributed by atoms with Crippen molar-refractivity contribution >= 4 is 22.4 Å². The van der Waals surface area contributed by atoms with Crippen LogP contribution in [0.5, 0.6) is 0 Å². The quantitative estimate of drug-likeness (QED) is 0.914. The molecular weight excluding hydrogens is 277 g/mol. The average molecular weight is 286 g/mol. The summed E-state index contributed by atoms with van der Waals surface area (Å²) in [6.45, 7) is 1.76. The Morgan fingerprint density at radius 3 is 2.68 bits per heavy atom. The second kappa shape index (κ2) is 5.00. The van der Waals surface area contributed by atoms with Gasteiger partial charge in [-0.05, 0) is 25.1 Å². The molecule has 1 amide bonds. The second-order valence-corrected chi connectivity index (χ2v) is 4.68. The molecule has 100 valence electrons. The van der Waals surface area contributed by atoms with Gasteiger partial charge < -0.3 is 0 Å². The van der Waals surface area contributed by atoms with Crippen LogP contribution in [0.4, 0.5) is 18.3 Å². The predicted molar refractivity (Wildman–Crippen MR) is 66.2 cm³/mol. The highest BCUT2D eigenvalue weighted by Crippen LogP contribution is 2.29. The van der Waals surface area contributed by atoms with Crippen molar-refractivity contribution in [1.29, 1.82) is 0 Å². The third-order valence-electron chi connectivity index (χ3n) is 2.29. The van der Waals surface area contributed by atoms with Crippen LogP contribution in [-0.4, -0.2) is 10.9 Å². The summed E-state index contributed by atoms with van der Waals surface area (Å²) < 4.78 is 37.6. The van der Waals surface area contributed by atoms with Gasteiger partial charge in [0.2, 0.25) is 0 Å². The van der Waals surface area contributed by atoms with Crippen molar-refractivity contribution in [3.8, 4) is 0 Å². The van der Waals surface area contributed by atoms with E-state index in [1.54, 1.807) is 12.3 Å². The Morgan fingerprint density at radius 1 is 1.37 bits per heavy atom. The van der Waals surface area contributed by atoms with Crippen molar-refractivity contribution < 1.29 is 18.0 Å². The van der Waals surface area contributed by atoms with E-state index in [0.29, 0.717) is 5.13 Å². The van der Waals surface area contributed by atoms with Crippen molar-refractivity contribution in [3.63, 3.8) is 0 Å². The molecule has 0 aliphatic rings. The summed E-state index contributed by atoms with van der Waals surface area (Å²) in [5.41, 5.74) is -0.164. The zero-order chi connectivity index (χ0) is 14.0. The van der Waals surface area contributed by atoms with Crippen molar-refractivity contribution in [2.45, 2.75) is 13.1 Å². The third-order valence-corrected chi connectivity index (χ3v) is 3.17. The van der Waals surface area contributed by atoms with Crippen LogP contribution in [0.2, 0.25) is 0 Å². The number of aryl methyl sites for hydroxylation is 1. The van der Waals surface area contributed by atoms with Gasteiger partial charge in [0.1, 0.15) is 0 Å². The number of anilines is 1. The summed E-state index contributed by atoms with van der Waals surface area (Å²) in [5, 5.41) is 4.56. The molecule has 0 unspecified atom stereocenters. The normalized spacial score (nSPS) is 11.4. The minimum Gasteiger partial charge on any atom is -0.298 e. The molecule has 0 spiro atoms. The Kier molecular flexibility index (Phi) is 3.57. The molecule has 1 aromatic carbocycles. The summed E-state index contributed by atoms with van der Waals surface area (Å²) in [7, 11) is 0. The van der Waals surface area contributed by atoms with Crippen LogP contribution in [0.3, 0.4) is 0 Å². The van der Waals surface area contributed by atoms with E-state index in [4.69, 9.17) is 0 Å². The summed E-state index contributed by atoms with van der Waals surface area (Å²) in [4.78, 5) is 15.8. The molecular formula is C12H9F3N2OS. The Bertz CT molecular complexity index is 607. The minimum absolute atomic E-state index is 0.0531. The molecule has 2 aromatic rings. The van der Waals surface area contributed by atoms with E-state index in [0.717, 1.165) is 17.8 Å². The molecule has 0 aliphatic carbocycles. The maximum atomic E-state index is 12.5. The number of benzene rings is 1. The molecule has 7 heteroatoms. The van der Waals surface area contributed by atoms with Gasteiger partial charge in [0.15, 0.2) is 5.13 Å². The van der Waals surface area contributed by atoms with Gasteiger partial charge in [-0.1, -0.05) is 6.07 Å². The SMILES string of the molecule is Cc1csc(NC(=O)c2cccc(C(F)(F)F)c2)n1. The molecule has 0 bridgehead atoms. The molecule has 1 aromatic heterocycles. The van der Waals surface area contributed by atoms with E-state index in [9.17, 15) is 18.0 Å². The first-order valence-corrected chi connectivity index (χ1v) is 6.15. The molecule has 0 saturated carbocycles. The maximum absolute atomic E-state index is 12.5. The van der Waals surface area contributed by atoms with Gasteiger partial charge >= 0.3 is 6.18 Å². The highest BCUT2D eigenvalue weighted by molar-refractivity contribution is 7.13. The number of hydrogen-bond donors (Lipinski definition) is 1. The fourth-order valence-corrected chi connectivity index (χ4v) is 2.10. The Morgan fingerprint density at radius 2 is 2.11 bits per heavy atom.